The predicted molar refractivity (Wildman–Crippen MR) is 131 cm³/mol. The average molecular weight is 430 g/mol. The van der Waals surface area contributed by atoms with E-state index in [1.807, 2.05) is 0 Å². The summed E-state index contributed by atoms with van der Waals surface area (Å²) in [5.41, 5.74) is 6.63. The summed E-state index contributed by atoms with van der Waals surface area (Å²) in [6.45, 7) is 10.4. The highest BCUT2D eigenvalue weighted by Gasteiger charge is 2.24. The van der Waals surface area contributed by atoms with Gasteiger partial charge in [0, 0.05) is 24.5 Å². The van der Waals surface area contributed by atoms with Gasteiger partial charge in [0.15, 0.2) is 0 Å². The van der Waals surface area contributed by atoms with Gasteiger partial charge in [-0.05, 0) is 86.8 Å². The second-order valence-corrected chi connectivity index (χ2v) is 8.77. The number of hydrogen-bond donors (Lipinski definition) is 1. The molecule has 0 saturated carbocycles. The normalized spacial score (nSPS) is 16.6. The Hall–Kier alpha value is -3.08. The van der Waals surface area contributed by atoms with Gasteiger partial charge < -0.3 is 10.2 Å². The molecule has 4 rings (SSSR count). The number of allylic oxidation sites excluding steroid dienone is 4. The second kappa shape index (κ2) is 11.0. The van der Waals surface area contributed by atoms with Gasteiger partial charge in [0.2, 0.25) is 0 Å². The van der Waals surface area contributed by atoms with Crippen molar-refractivity contribution < 1.29 is 0 Å². The smallest absolute Gasteiger partial charge is 0.0888 e. The Balaban J connectivity index is 1.50. The summed E-state index contributed by atoms with van der Waals surface area (Å²) < 4.78 is 0. The molecule has 2 heterocycles. The van der Waals surface area contributed by atoms with E-state index in [1.54, 1.807) is 29.0 Å². The number of nitrogens with one attached hydrogen (secondary N) is 1. The minimum Gasteiger partial charge on any atom is -0.391 e. The molecule has 5 heteroatoms. The molecule has 0 bridgehead atoms. The van der Waals surface area contributed by atoms with Crippen LogP contribution >= 0.6 is 0 Å². The van der Waals surface area contributed by atoms with E-state index >= 15 is 0 Å². The molecule has 1 aliphatic carbocycles. The van der Waals surface area contributed by atoms with Crippen LogP contribution < -0.4 is 5.32 Å². The topological polar surface area (TPSA) is 46.0 Å². The molecule has 5 nitrogen and oxygen atoms in total. The van der Waals surface area contributed by atoms with Crippen LogP contribution in [0.3, 0.4) is 0 Å². The highest BCUT2D eigenvalue weighted by atomic mass is 15.5. The van der Waals surface area contributed by atoms with E-state index in [-0.39, 0.29) is 0 Å². The molecule has 1 N–H and O–H groups in total. The van der Waals surface area contributed by atoms with Crippen molar-refractivity contribution >= 4 is 0 Å². The second-order valence-electron chi connectivity index (χ2n) is 8.77. The Bertz CT molecular complexity index is 970. The van der Waals surface area contributed by atoms with Crippen molar-refractivity contribution in [1.29, 1.82) is 0 Å². The van der Waals surface area contributed by atoms with Crippen LogP contribution in [-0.4, -0.2) is 33.0 Å². The molecule has 0 radical (unpaired) electrons. The SMILES string of the molecule is C=CNCCCC(CC(=C)N1CCCC2=C1C=CCC2)Cc1ccccc1-n1nccn1. The summed E-state index contributed by atoms with van der Waals surface area (Å²) in [7, 11) is 0. The lowest BCUT2D eigenvalue weighted by molar-refractivity contribution is 0.345. The molecule has 1 aromatic heterocycles. The summed E-state index contributed by atoms with van der Waals surface area (Å²) in [5.74, 6) is 0.504. The highest BCUT2D eigenvalue weighted by Crippen LogP contribution is 2.34. The van der Waals surface area contributed by atoms with Crippen LogP contribution in [0.1, 0.15) is 50.5 Å². The van der Waals surface area contributed by atoms with Gasteiger partial charge in [0.05, 0.1) is 18.1 Å². The van der Waals surface area contributed by atoms with E-state index in [0.717, 1.165) is 44.5 Å². The first-order chi connectivity index (χ1) is 15.8. The standard InChI is InChI=1S/C27H35N5/c1-3-28-16-8-10-23(21-25-12-5-7-15-27(25)32-29-17-18-30-32)20-22(2)31-19-9-13-24-11-4-6-14-26(24)31/h3,5-7,12,14-15,17-18,23,28H,1-2,4,8-11,13,16,19-21H2. The molecule has 0 spiro atoms. The van der Waals surface area contributed by atoms with E-state index in [4.69, 9.17) is 0 Å². The lowest BCUT2D eigenvalue weighted by atomic mass is 9.88. The molecular formula is C27H35N5. The predicted octanol–water partition coefficient (Wildman–Crippen LogP) is 5.54. The number of para-hydroxylation sites is 1. The molecule has 1 aromatic carbocycles. The fraction of sp³-hybridized carbons (Fsp3) is 0.407. The minimum absolute atomic E-state index is 0.504. The summed E-state index contributed by atoms with van der Waals surface area (Å²) in [6.07, 6.45) is 19.0. The van der Waals surface area contributed by atoms with E-state index in [9.17, 15) is 0 Å². The molecule has 0 fully saturated rings. The van der Waals surface area contributed by atoms with Crippen LogP contribution in [0.4, 0.5) is 0 Å². The van der Waals surface area contributed by atoms with Crippen LogP contribution in [-0.2, 0) is 6.42 Å². The lowest BCUT2D eigenvalue weighted by Crippen LogP contribution is -2.29. The van der Waals surface area contributed by atoms with Gasteiger partial charge in [-0.2, -0.15) is 15.0 Å². The number of nitrogens with zero attached hydrogens (tertiary/aromatic N) is 4. The molecule has 1 atom stereocenters. The fourth-order valence-electron chi connectivity index (χ4n) is 4.98. The molecule has 168 valence electrons. The van der Waals surface area contributed by atoms with E-state index in [2.05, 4.69) is 70.0 Å². The number of aromatic nitrogens is 3. The van der Waals surface area contributed by atoms with Gasteiger partial charge >= 0.3 is 0 Å². The summed E-state index contributed by atoms with van der Waals surface area (Å²) in [6, 6.07) is 8.49. The van der Waals surface area contributed by atoms with Crippen molar-refractivity contribution in [2.75, 3.05) is 13.1 Å². The Morgan fingerprint density at radius 1 is 1.19 bits per heavy atom. The van der Waals surface area contributed by atoms with Crippen molar-refractivity contribution in [2.24, 2.45) is 5.92 Å². The number of benzene rings is 1. The van der Waals surface area contributed by atoms with Gasteiger partial charge in [-0.15, -0.1) is 0 Å². The molecule has 2 aromatic rings. The van der Waals surface area contributed by atoms with Gasteiger partial charge in [-0.1, -0.05) is 37.4 Å². The van der Waals surface area contributed by atoms with Crippen LogP contribution in [0.5, 0.6) is 0 Å². The van der Waals surface area contributed by atoms with Crippen LogP contribution in [0.2, 0.25) is 0 Å². The Morgan fingerprint density at radius 3 is 2.88 bits per heavy atom. The third-order valence-electron chi connectivity index (χ3n) is 6.52. The molecular weight excluding hydrogens is 394 g/mol. The molecule has 32 heavy (non-hydrogen) atoms. The van der Waals surface area contributed by atoms with E-state index in [1.165, 1.54) is 42.6 Å². The molecule has 0 saturated heterocycles. The van der Waals surface area contributed by atoms with Gasteiger partial charge in [0.25, 0.3) is 0 Å². The Labute approximate surface area is 192 Å². The maximum absolute atomic E-state index is 4.56. The zero-order valence-corrected chi connectivity index (χ0v) is 19.0. The summed E-state index contributed by atoms with van der Waals surface area (Å²) in [4.78, 5) is 4.22. The summed E-state index contributed by atoms with van der Waals surface area (Å²) in [5, 5.41) is 12.0. The van der Waals surface area contributed by atoms with Crippen molar-refractivity contribution in [3.8, 4) is 5.69 Å². The fourth-order valence-corrected chi connectivity index (χ4v) is 4.98. The molecule has 2 aliphatic rings. The quantitative estimate of drug-likeness (QED) is 0.476. The third kappa shape index (κ3) is 5.39. The van der Waals surface area contributed by atoms with Gasteiger partial charge in [-0.25, -0.2) is 0 Å². The maximum Gasteiger partial charge on any atom is 0.0888 e. The van der Waals surface area contributed by atoms with Crippen LogP contribution in [0.15, 0.2) is 85.1 Å². The summed E-state index contributed by atoms with van der Waals surface area (Å²) >= 11 is 0. The van der Waals surface area contributed by atoms with Gasteiger partial charge in [-0.3, -0.25) is 0 Å². The number of rotatable bonds is 11. The largest absolute Gasteiger partial charge is 0.391 e. The highest BCUT2D eigenvalue weighted by molar-refractivity contribution is 5.39. The molecule has 1 unspecified atom stereocenters. The maximum atomic E-state index is 4.56. The van der Waals surface area contributed by atoms with Crippen LogP contribution in [0.25, 0.3) is 5.69 Å². The van der Waals surface area contributed by atoms with Crippen molar-refractivity contribution in [3.63, 3.8) is 0 Å². The average Bonchev–Trinajstić information content (AvgIpc) is 3.36. The van der Waals surface area contributed by atoms with Crippen molar-refractivity contribution in [2.45, 2.75) is 51.4 Å². The Morgan fingerprint density at radius 2 is 2.03 bits per heavy atom. The lowest BCUT2D eigenvalue weighted by Gasteiger charge is -2.36. The minimum atomic E-state index is 0.504. The first-order valence-corrected chi connectivity index (χ1v) is 11.9. The zero-order valence-electron chi connectivity index (χ0n) is 19.0. The van der Waals surface area contributed by atoms with Crippen LogP contribution in [0, 0.1) is 5.92 Å². The monoisotopic (exact) mass is 429 g/mol. The van der Waals surface area contributed by atoms with Crippen molar-refractivity contribution in [3.05, 3.63) is 90.7 Å². The third-order valence-corrected chi connectivity index (χ3v) is 6.52. The number of hydrogen-bond acceptors (Lipinski definition) is 4. The Kier molecular flexibility index (Phi) is 7.59. The first-order valence-electron chi connectivity index (χ1n) is 11.9. The van der Waals surface area contributed by atoms with E-state index in [0.29, 0.717) is 5.92 Å². The molecule has 0 amide bonds. The van der Waals surface area contributed by atoms with Crippen molar-refractivity contribution in [1.82, 2.24) is 25.2 Å². The molecule has 1 aliphatic heterocycles. The first kappa shape index (κ1) is 22.1. The zero-order chi connectivity index (χ0) is 22.2. The van der Waals surface area contributed by atoms with E-state index < -0.39 is 0 Å². The van der Waals surface area contributed by atoms with Gasteiger partial charge in [0.1, 0.15) is 0 Å².